The number of amides is 1. The second kappa shape index (κ2) is 5.82. The molecule has 0 fully saturated rings. The number of hydrogen-bond donors (Lipinski definition) is 2. The average molecular weight is 235 g/mol. The Morgan fingerprint density at radius 1 is 1.29 bits per heavy atom. The molecule has 94 valence electrons. The van der Waals surface area contributed by atoms with Crippen molar-refractivity contribution in [3.8, 4) is 0 Å². The van der Waals surface area contributed by atoms with Crippen molar-refractivity contribution in [1.82, 2.24) is 5.32 Å². The van der Waals surface area contributed by atoms with E-state index in [-0.39, 0.29) is 11.8 Å². The van der Waals surface area contributed by atoms with Crippen LogP contribution < -0.4 is 5.32 Å². The number of nitrogens with one attached hydrogen (secondary N) is 1. The van der Waals surface area contributed by atoms with E-state index in [1.807, 2.05) is 32.0 Å². The fraction of sp³-hybridized carbons (Fsp3) is 0.500. The molecule has 0 saturated carbocycles. The molecule has 1 rings (SSSR count). The molecule has 0 aliphatic rings. The summed E-state index contributed by atoms with van der Waals surface area (Å²) in [5.74, 6) is -0.415. The maximum Gasteiger partial charge on any atom is 0.256 e. The van der Waals surface area contributed by atoms with Crippen LogP contribution in [0, 0.1) is 5.92 Å². The molecule has 0 radical (unpaired) electrons. The number of rotatable bonds is 5. The minimum atomic E-state index is -1.43. The van der Waals surface area contributed by atoms with E-state index in [4.69, 9.17) is 0 Å². The Hall–Kier alpha value is -1.35. The molecule has 1 aromatic rings. The summed E-state index contributed by atoms with van der Waals surface area (Å²) < 4.78 is 0. The first kappa shape index (κ1) is 13.7. The fourth-order valence-corrected chi connectivity index (χ4v) is 2.31. The van der Waals surface area contributed by atoms with Gasteiger partial charge in [0.05, 0.1) is 0 Å². The minimum absolute atomic E-state index is 0.0788. The predicted octanol–water partition coefficient (Wildman–Crippen LogP) is 2.06. The monoisotopic (exact) mass is 235 g/mol. The Kier molecular flexibility index (Phi) is 4.70. The maximum atomic E-state index is 12.0. The highest BCUT2D eigenvalue weighted by Crippen LogP contribution is 2.34. The van der Waals surface area contributed by atoms with Gasteiger partial charge in [0.25, 0.3) is 5.91 Å². The molecule has 0 heterocycles. The van der Waals surface area contributed by atoms with Crippen molar-refractivity contribution in [1.29, 1.82) is 0 Å². The molecule has 0 aromatic heterocycles. The summed E-state index contributed by atoms with van der Waals surface area (Å²) in [5, 5.41) is 13.4. The van der Waals surface area contributed by atoms with Crippen LogP contribution in [0.4, 0.5) is 0 Å². The van der Waals surface area contributed by atoms with Gasteiger partial charge < -0.3 is 10.4 Å². The summed E-state index contributed by atoms with van der Waals surface area (Å²) in [6, 6.07) is 9.15. The lowest BCUT2D eigenvalue weighted by molar-refractivity contribution is -0.147. The molecule has 1 aromatic carbocycles. The van der Waals surface area contributed by atoms with Crippen molar-refractivity contribution in [3.05, 3.63) is 35.9 Å². The Morgan fingerprint density at radius 3 is 2.24 bits per heavy atom. The summed E-state index contributed by atoms with van der Waals surface area (Å²) in [6.45, 7) is 3.98. The third kappa shape index (κ3) is 2.50. The van der Waals surface area contributed by atoms with Gasteiger partial charge in [-0.3, -0.25) is 4.79 Å². The van der Waals surface area contributed by atoms with Gasteiger partial charge in [0.1, 0.15) is 0 Å². The van der Waals surface area contributed by atoms with Crippen molar-refractivity contribution in [3.63, 3.8) is 0 Å². The van der Waals surface area contributed by atoms with E-state index in [1.165, 1.54) is 0 Å². The molecule has 3 heteroatoms. The molecular formula is C14H21NO2. The van der Waals surface area contributed by atoms with Crippen LogP contribution in [-0.2, 0) is 10.4 Å². The second-order valence-corrected chi connectivity index (χ2v) is 4.22. The Balaban J connectivity index is 3.24. The van der Waals surface area contributed by atoms with E-state index in [0.717, 1.165) is 12.8 Å². The van der Waals surface area contributed by atoms with Crippen LogP contribution in [0.25, 0.3) is 0 Å². The van der Waals surface area contributed by atoms with E-state index < -0.39 is 5.60 Å². The van der Waals surface area contributed by atoms with Crippen molar-refractivity contribution in [2.45, 2.75) is 32.3 Å². The lowest BCUT2D eigenvalue weighted by atomic mass is 9.77. The van der Waals surface area contributed by atoms with Gasteiger partial charge in [0.2, 0.25) is 0 Å². The zero-order valence-corrected chi connectivity index (χ0v) is 10.7. The first-order chi connectivity index (χ1) is 8.11. The van der Waals surface area contributed by atoms with E-state index in [1.54, 1.807) is 19.2 Å². The van der Waals surface area contributed by atoms with Gasteiger partial charge >= 0.3 is 0 Å². The second-order valence-electron chi connectivity index (χ2n) is 4.22. The van der Waals surface area contributed by atoms with Gasteiger partial charge in [0, 0.05) is 13.0 Å². The molecule has 1 amide bonds. The van der Waals surface area contributed by atoms with Gasteiger partial charge in [-0.1, -0.05) is 44.2 Å². The third-order valence-electron chi connectivity index (χ3n) is 3.36. The molecule has 0 aliphatic carbocycles. The number of hydrogen-bond acceptors (Lipinski definition) is 2. The van der Waals surface area contributed by atoms with Gasteiger partial charge in [-0.15, -0.1) is 0 Å². The molecule has 1 atom stereocenters. The predicted molar refractivity (Wildman–Crippen MR) is 68.5 cm³/mol. The topological polar surface area (TPSA) is 49.3 Å². The SMILES string of the molecule is CCC(CC)C(O)(C(=O)NC)c1ccccc1. The first-order valence-electron chi connectivity index (χ1n) is 6.11. The number of benzene rings is 1. The van der Waals surface area contributed by atoms with Crippen LogP contribution in [0.2, 0.25) is 0 Å². The van der Waals surface area contributed by atoms with E-state index in [9.17, 15) is 9.90 Å². The smallest absolute Gasteiger partial charge is 0.256 e. The summed E-state index contributed by atoms with van der Waals surface area (Å²) >= 11 is 0. The molecule has 0 saturated heterocycles. The number of carbonyl (C=O) groups excluding carboxylic acids is 1. The molecular weight excluding hydrogens is 214 g/mol. The summed E-state index contributed by atoms with van der Waals surface area (Å²) in [7, 11) is 1.55. The molecule has 1 unspecified atom stereocenters. The average Bonchev–Trinajstić information content (AvgIpc) is 2.39. The normalized spacial score (nSPS) is 14.4. The van der Waals surface area contributed by atoms with Crippen LogP contribution in [0.1, 0.15) is 32.3 Å². The minimum Gasteiger partial charge on any atom is -0.375 e. The van der Waals surface area contributed by atoms with Crippen LogP contribution in [0.15, 0.2) is 30.3 Å². The van der Waals surface area contributed by atoms with Gasteiger partial charge in [0.15, 0.2) is 5.60 Å². The van der Waals surface area contributed by atoms with E-state index in [2.05, 4.69) is 5.32 Å². The van der Waals surface area contributed by atoms with Crippen molar-refractivity contribution in [2.24, 2.45) is 5.92 Å². The van der Waals surface area contributed by atoms with Gasteiger partial charge in [-0.05, 0) is 18.4 Å². The van der Waals surface area contributed by atoms with Crippen molar-refractivity contribution < 1.29 is 9.90 Å². The Labute approximate surface area is 103 Å². The zero-order chi connectivity index (χ0) is 12.9. The van der Waals surface area contributed by atoms with Crippen LogP contribution in [-0.4, -0.2) is 18.1 Å². The quantitative estimate of drug-likeness (QED) is 0.820. The van der Waals surface area contributed by atoms with Crippen LogP contribution in [0.5, 0.6) is 0 Å². The zero-order valence-electron chi connectivity index (χ0n) is 10.7. The number of aliphatic hydroxyl groups is 1. The van der Waals surface area contributed by atoms with E-state index >= 15 is 0 Å². The highest BCUT2D eigenvalue weighted by Gasteiger charge is 2.43. The van der Waals surface area contributed by atoms with Crippen LogP contribution >= 0.6 is 0 Å². The summed E-state index contributed by atoms with van der Waals surface area (Å²) in [5.41, 5.74) is -0.771. The lowest BCUT2D eigenvalue weighted by Crippen LogP contribution is -2.48. The van der Waals surface area contributed by atoms with Crippen molar-refractivity contribution in [2.75, 3.05) is 7.05 Å². The third-order valence-corrected chi connectivity index (χ3v) is 3.36. The lowest BCUT2D eigenvalue weighted by Gasteiger charge is -2.34. The Morgan fingerprint density at radius 2 is 1.82 bits per heavy atom. The highest BCUT2D eigenvalue weighted by molar-refractivity contribution is 5.86. The van der Waals surface area contributed by atoms with Gasteiger partial charge in [-0.25, -0.2) is 0 Å². The fourth-order valence-electron chi connectivity index (χ4n) is 2.31. The summed E-state index contributed by atoms with van der Waals surface area (Å²) in [6.07, 6.45) is 1.52. The number of carbonyl (C=O) groups is 1. The highest BCUT2D eigenvalue weighted by atomic mass is 16.3. The molecule has 17 heavy (non-hydrogen) atoms. The molecule has 0 spiro atoms. The van der Waals surface area contributed by atoms with Crippen LogP contribution in [0.3, 0.4) is 0 Å². The van der Waals surface area contributed by atoms with Gasteiger partial charge in [-0.2, -0.15) is 0 Å². The molecule has 3 nitrogen and oxygen atoms in total. The van der Waals surface area contributed by atoms with E-state index in [0.29, 0.717) is 5.56 Å². The standard InChI is InChI=1S/C14H21NO2/c1-4-11(5-2)14(17,13(16)15-3)12-9-7-6-8-10-12/h6-11,17H,4-5H2,1-3H3,(H,15,16). The summed E-state index contributed by atoms with van der Waals surface area (Å²) in [4.78, 5) is 12.0. The largest absolute Gasteiger partial charge is 0.375 e. The molecule has 0 bridgehead atoms. The van der Waals surface area contributed by atoms with Crippen molar-refractivity contribution >= 4 is 5.91 Å². The molecule has 0 aliphatic heterocycles. The first-order valence-corrected chi connectivity index (χ1v) is 6.11. The molecule has 2 N–H and O–H groups in total. The Bertz CT molecular complexity index is 360. The maximum absolute atomic E-state index is 12.0. The number of likely N-dealkylation sites (N-methyl/N-ethyl adjacent to an activating group) is 1.